The van der Waals surface area contributed by atoms with Gasteiger partial charge in [-0.1, -0.05) is 33.1 Å². The van der Waals surface area contributed by atoms with Gasteiger partial charge in [0.2, 0.25) is 5.91 Å². The molecule has 3 saturated carbocycles. The summed E-state index contributed by atoms with van der Waals surface area (Å²) in [6, 6.07) is 0.564. The van der Waals surface area contributed by atoms with E-state index in [-0.39, 0.29) is 24.2 Å². The van der Waals surface area contributed by atoms with Crippen LogP contribution < -0.4 is 21.4 Å². The van der Waals surface area contributed by atoms with E-state index in [0.717, 1.165) is 90.7 Å². The van der Waals surface area contributed by atoms with Gasteiger partial charge in [-0.2, -0.15) is 0 Å². The van der Waals surface area contributed by atoms with Gasteiger partial charge >= 0.3 is 0 Å². The molecule has 4 N–H and O–H groups in total. The highest BCUT2D eigenvalue weighted by molar-refractivity contribution is 5.77. The lowest BCUT2D eigenvalue weighted by atomic mass is 9.75. The predicted molar refractivity (Wildman–Crippen MR) is 148 cm³/mol. The monoisotopic (exact) mass is 521 g/mol. The number of likely N-dealkylation sites (N-methyl/N-ethyl adjacent to an activating group) is 1. The number of carbonyl (C=O) groups excluding carboxylic acids is 1. The van der Waals surface area contributed by atoms with Gasteiger partial charge in [0.25, 0.3) is 0 Å². The number of nitrogens with one attached hydrogen (secondary N) is 4. The van der Waals surface area contributed by atoms with Gasteiger partial charge in [0.05, 0.1) is 18.8 Å². The van der Waals surface area contributed by atoms with Crippen LogP contribution in [0.25, 0.3) is 0 Å². The van der Waals surface area contributed by atoms with Gasteiger partial charge in [0, 0.05) is 31.6 Å². The Hall–Kier alpha value is -0.770. The highest BCUT2D eigenvalue weighted by atomic mass is 16.7. The van der Waals surface area contributed by atoms with Crippen molar-refractivity contribution in [1.82, 2.24) is 26.3 Å². The van der Waals surface area contributed by atoms with Crippen LogP contribution in [-0.4, -0.2) is 74.7 Å². The Morgan fingerprint density at radius 1 is 0.811 bits per heavy atom. The van der Waals surface area contributed by atoms with Gasteiger partial charge in [-0.3, -0.25) is 25.6 Å². The second-order valence-corrected chi connectivity index (χ2v) is 12.0. The summed E-state index contributed by atoms with van der Waals surface area (Å²) in [5.41, 5.74) is 2.80. The molecule has 0 bridgehead atoms. The number of hydrogen-bond donors (Lipinski definition) is 4. The lowest BCUT2D eigenvalue weighted by Gasteiger charge is -2.40. The molecule has 4 rings (SSSR count). The van der Waals surface area contributed by atoms with Crippen LogP contribution in [0.1, 0.15) is 97.3 Å². The lowest BCUT2D eigenvalue weighted by Crippen LogP contribution is -2.63. The molecule has 0 radical (unpaired) electrons. The second-order valence-electron chi connectivity index (χ2n) is 12.0. The van der Waals surface area contributed by atoms with Crippen LogP contribution in [0.3, 0.4) is 0 Å². The van der Waals surface area contributed by atoms with Crippen molar-refractivity contribution in [1.29, 1.82) is 0 Å². The minimum absolute atomic E-state index is 0.109. The van der Waals surface area contributed by atoms with E-state index in [1.54, 1.807) is 0 Å². The summed E-state index contributed by atoms with van der Waals surface area (Å²) in [7, 11) is 0. The summed E-state index contributed by atoms with van der Waals surface area (Å²) >= 11 is 0. The molecular weight excluding hydrogens is 466 g/mol. The topological polar surface area (TPSA) is 86.9 Å². The molecule has 0 aromatic heterocycles. The van der Waals surface area contributed by atoms with E-state index in [9.17, 15) is 4.79 Å². The van der Waals surface area contributed by atoms with Crippen LogP contribution in [0, 0.1) is 17.8 Å². The maximum atomic E-state index is 12.6. The molecule has 4 fully saturated rings. The zero-order valence-electron chi connectivity index (χ0n) is 23.6. The van der Waals surface area contributed by atoms with E-state index in [2.05, 4.69) is 40.2 Å². The molecule has 1 heterocycles. The normalized spacial score (nSPS) is 33.9. The Bertz CT molecular complexity index is 633. The van der Waals surface area contributed by atoms with Gasteiger partial charge in [-0.25, -0.2) is 5.48 Å². The van der Waals surface area contributed by atoms with Crippen molar-refractivity contribution in [3.8, 4) is 0 Å². The third kappa shape index (κ3) is 9.43. The van der Waals surface area contributed by atoms with Crippen LogP contribution >= 0.6 is 0 Å². The summed E-state index contributed by atoms with van der Waals surface area (Å²) in [4.78, 5) is 20.7. The fourth-order valence-corrected chi connectivity index (χ4v) is 6.91. The van der Waals surface area contributed by atoms with E-state index in [1.165, 1.54) is 32.1 Å². The van der Waals surface area contributed by atoms with Gasteiger partial charge in [0.15, 0.2) is 0 Å². The van der Waals surface area contributed by atoms with Gasteiger partial charge in [-0.15, -0.1) is 0 Å². The first-order valence-corrected chi connectivity index (χ1v) is 15.7. The zero-order valence-corrected chi connectivity index (χ0v) is 23.6. The summed E-state index contributed by atoms with van der Waals surface area (Å²) in [6.07, 6.45) is 15.7. The molecule has 0 spiro atoms. The summed E-state index contributed by atoms with van der Waals surface area (Å²) < 4.78 is 6.17. The molecule has 1 aliphatic heterocycles. The van der Waals surface area contributed by atoms with Crippen molar-refractivity contribution in [3.63, 3.8) is 0 Å². The van der Waals surface area contributed by atoms with Crippen molar-refractivity contribution in [3.05, 3.63) is 0 Å². The quantitative estimate of drug-likeness (QED) is 0.292. The first kappa shape index (κ1) is 29.2. The van der Waals surface area contributed by atoms with Crippen molar-refractivity contribution in [2.24, 2.45) is 17.8 Å². The molecule has 0 aromatic carbocycles. The molecule has 8 nitrogen and oxygen atoms in total. The molecule has 8 heteroatoms. The van der Waals surface area contributed by atoms with E-state index < -0.39 is 0 Å². The number of ether oxygens (including phenoxy) is 1. The maximum absolute atomic E-state index is 12.6. The lowest BCUT2D eigenvalue weighted by molar-refractivity contribution is -0.145. The second kappa shape index (κ2) is 15.7. The molecule has 0 atom stereocenters. The van der Waals surface area contributed by atoms with Crippen LogP contribution in [0.2, 0.25) is 0 Å². The SMILES string of the molecule is CCN(CC)CCOC1CCC(NC2NCC(C3CCC(C(=O)NOC4CCCCC4)CC3)CN2)CC1. The third-order valence-corrected chi connectivity index (χ3v) is 9.59. The zero-order chi connectivity index (χ0) is 25.9. The van der Waals surface area contributed by atoms with Crippen LogP contribution in [0.15, 0.2) is 0 Å². The number of hydroxylamine groups is 1. The van der Waals surface area contributed by atoms with Crippen LogP contribution in [-0.2, 0) is 14.4 Å². The van der Waals surface area contributed by atoms with Gasteiger partial charge in [-0.05, 0) is 89.1 Å². The number of nitrogens with zero attached hydrogens (tertiary/aromatic N) is 1. The maximum Gasteiger partial charge on any atom is 0.246 e. The molecule has 0 aromatic rings. The first-order chi connectivity index (χ1) is 18.1. The molecule has 0 unspecified atom stereocenters. The summed E-state index contributed by atoms with van der Waals surface area (Å²) in [5, 5.41) is 11.2. The Morgan fingerprint density at radius 2 is 1.49 bits per heavy atom. The molecule has 1 saturated heterocycles. The molecule has 37 heavy (non-hydrogen) atoms. The van der Waals surface area contributed by atoms with Gasteiger partial charge < -0.3 is 9.64 Å². The molecule has 214 valence electrons. The van der Waals surface area contributed by atoms with Gasteiger partial charge in [0.1, 0.15) is 6.29 Å². The minimum atomic E-state index is 0.109. The first-order valence-electron chi connectivity index (χ1n) is 15.7. The van der Waals surface area contributed by atoms with Crippen molar-refractivity contribution < 1.29 is 14.4 Å². The summed E-state index contributed by atoms with van der Waals surface area (Å²) in [6.45, 7) is 10.7. The van der Waals surface area contributed by atoms with E-state index in [0.29, 0.717) is 24.0 Å². The number of carbonyl (C=O) groups is 1. The Morgan fingerprint density at radius 3 is 2.14 bits per heavy atom. The number of hydrogen-bond acceptors (Lipinski definition) is 7. The fraction of sp³-hybridized carbons (Fsp3) is 0.966. The molecule has 3 aliphatic carbocycles. The minimum Gasteiger partial charge on any atom is -0.377 e. The largest absolute Gasteiger partial charge is 0.377 e. The molecule has 1 amide bonds. The Balaban J connectivity index is 1.05. The molecular formula is C29H55N5O3. The fourth-order valence-electron chi connectivity index (χ4n) is 6.91. The van der Waals surface area contributed by atoms with E-state index in [4.69, 9.17) is 9.57 Å². The van der Waals surface area contributed by atoms with E-state index in [1.807, 2.05) is 0 Å². The van der Waals surface area contributed by atoms with Crippen LogP contribution in [0.4, 0.5) is 0 Å². The summed E-state index contributed by atoms with van der Waals surface area (Å²) in [5.74, 6) is 1.58. The molecule has 4 aliphatic rings. The van der Waals surface area contributed by atoms with Crippen LogP contribution in [0.5, 0.6) is 0 Å². The Kier molecular flexibility index (Phi) is 12.4. The average Bonchev–Trinajstić information content (AvgIpc) is 2.96. The standard InChI is InChI=1S/C29H55N5O3/c1-3-34(4-2)18-19-36-26-16-14-25(15-17-26)32-29-30-20-24(21-31-29)22-10-12-23(13-11-22)28(35)33-37-27-8-6-5-7-9-27/h22-27,29-32H,3-21H2,1-2H3,(H,33,35). The Labute approximate surface area is 225 Å². The third-order valence-electron chi connectivity index (χ3n) is 9.59. The predicted octanol–water partition coefficient (Wildman–Crippen LogP) is 3.53. The highest BCUT2D eigenvalue weighted by Gasteiger charge is 2.34. The van der Waals surface area contributed by atoms with E-state index >= 15 is 0 Å². The average molecular weight is 522 g/mol. The van der Waals surface area contributed by atoms with Crippen molar-refractivity contribution in [2.45, 2.75) is 122 Å². The smallest absolute Gasteiger partial charge is 0.246 e. The highest BCUT2D eigenvalue weighted by Crippen LogP contribution is 2.34. The number of rotatable bonds is 12. The van der Waals surface area contributed by atoms with Crippen molar-refractivity contribution >= 4 is 5.91 Å². The number of amides is 1. The van der Waals surface area contributed by atoms with Crippen molar-refractivity contribution in [2.75, 3.05) is 39.3 Å².